The summed E-state index contributed by atoms with van der Waals surface area (Å²) in [5.41, 5.74) is 1.42. The maximum absolute atomic E-state index is 12.4. The molecule has 0 aliphatic carbocycles. The molecular formula is C12H18BrN3O. The molecule has 2 rings (SSSR count). The molecule has 1 atom stereocenters. The first-order valence-corrected chi connectivity index (χ1v) is 6.95. The number of H-pyrrole nitrogens is 1. The van der Waals surface area contributed by atoms with Crippen LogP contribution in [0.4, 0.5) is 0 Å². The zero-order valence-electron chi connectivity index (χ0n) is 10.3. The average Bonchev–Trinajstić information content (AvgIpc) is 2.69. The monoisotopic (exact) mass is 299 g/mol. The number of amides is 1. The van der Waals surface area contributed by atoms with Crippen molar-refractivity contribution in [3.8, 4) is 0 Å². The van der Waals surface area contributed by atoms with E-state index >= 15 is 0 Å². The lowest BCUT2D eigenvalue weighted by molar-refractivity contribution is 0.0601. The van der Waals surface area contributed by atoms with E-state index in [0.717, 1.165) is 36.0 Å². The number of hydrogen-bond donors (Lipinski definition) is 1. The average molecular weight is 300 g/mol. The van der Waals surface area contributed by atoms with Gasteiger partial charge in [-0.05, 0) is 48.5 Å². The molecular weight excluding hydrogens is 282 g/mol. The van der Waals surface area contributed by atoms with Gasteiger partial charge in [0.15, 0.2) is 5.69 Å². The van der Waals surface area contributed by atoms with Crippen molar-refractivity contribution < 1.29 is 4.79 Å². The van der Waals surface area contributed by atoms with Crippen LogP contribution in [0.2, 0.25) is 0 Å². The lowest BCUT2D eigenvalue weighted by Crippen LogP contribution is -2.43. The van der Waals surface area contributed by atoms with Crippen molar-refractivity contribution in [3.05, 3.63) is 15.9 Å². The smallest absolute Gasteiger partial charge is 0.275 e. The van der Waals surface area contributed by atoms with Gasteiger partial charge >= 0.3 is 0 Å². The highest BCUT2D eigenvalue weighted by atomic mass is 79.9. The second kappa shape index (κ2) is 5.21. The summed E-state index contributed by atoms with van der Waals surface area (Å²) in [5.74, 6) is 0.0489. The zero-order valence-corrected chi connectivity index (χ0v) is 11.9. The molecule has 0 aromatic carbocycles. The summed E-state index contributed by atoms with van der Waals surface area (Å²) in [6.45, 7) is 4.90. The Morgan fingerprint density at radius 3 is 2.94 bits per heavy atom. The molecule has 1 fully saturated rings. The SMILES string of the molecule is CCC1CCCCN1C(=O)c1n[nH]c(C)c1Br. The van der Waals surface area contributed by atoms with Crippen molar-refractivity contribution in [1.82, 2.24) is 15.1 Å². The number of halogens is 1. The predicted molar refractivity (Wildman–Crippen MR) is 70.0 cm³/mol. The van der Waals surface area contributed by atoms with Gasteiger partial charge in [0.1, 0.15) is 0 Å². The molecule has 0 radical (unpaired) electrons. The molecule has 0 bridgehead atoms. The Morgan fingerprint density at radius 1 is 1.59 bits per heavy atom. The molecule has 1 aliphatic heterocycles. The largest absolute Gasteiger partial charge is 0.334 e. The first-order chi connectivity index (χ1) is 8.15. The second-order valence-electron chi connectivity index (χ2n) is 4.57. The lowest BCUT2D eigenvalue weighted by Gasteiger charge is -2.34. The molecule has 4 nitrogen and oxygen atoms in total. The van der Waals surface area contributed by atoms with Crippen molar-refractivity contribution in [2.75, 3.05) is 6.54 Å². The van der Waals surface area contributed by atoms with Crippen LogP contribution >= 0.6 is 15.9 Å². The number of aromatic amines is 1. The predicted octanol–water partition coefficient (Wildman–Crippen LogP) is 2.89. The Bertz CT molecular complexity index is 416. The van der Waals surface area contributed by atoms with E-state index < -0.39 is 0 Å². The molecule has 5 heteroatoms. The summed E-state index contributed by atoms with van der Waals surface area (Å²) in [4.78, 5) is 14.4. The maximum atomic E-state index is 12.4. The van der Waals surface area contributed by atoms with Gasteiger partial charge in [0.05, 0.1) is 4.47 Å². The number of aromatic nitrogens is 2. The van der Waals surface area contributed by atoms with Crippen LogP contribution in [0.15, 0.2) is 4.47 Å². The summed E-state index contributed by atoms with van der Waals surface area (Å²) in [7, 11) is 0. The molecule has 0 saturated carbocycles. The third kappa shape index (κ3) is 2.39. The van der Waals surface area contributed by atoms with Gasteiger partial charge in [0, 0.05) is 18.3 Å². The van der Waals surface area contributed by atoms with E-state index in [1.54, 1.807) is 0 Å². The Balaban J connectivity index is 2.21. The van der Waals surface area contributed by atoms with Gasteiger partial charge in [0.2, 0.25) is 0 Å². The molecule has 1 amide bonds. The minimum Gasteiger partial charge on any atom is -0.334 e. The molecule has 1 aliphatic rings. The van der Waals surface area contributed by atoms with E-state index in [1.165, 1.54) is 6.42 Å². The fourth-order valence-electron chi connectivity index (χ4n) is 2.39. The van der Waals surface area contributed by atoms with Gasteiger partial charge in [-0.25, -0.2) is 0 Å². The Labute approximate surface area is 110 Å². The van der Waals surface area contributed by atoms with E-state index in [4.69, 9.17) is 0 Å². The normalized spacial score (nSPS) is 20.6. The maximum Gasteiger partial charge on any atom is 0.275 e. The number of nitrogens with one attached hydrogen (secondary N) is 1. The topological polar surface area (TPSA) is 49.0 Å². The van der Waals surface area contributed by atoms with Gasteiger partial charge < -0.3 is 4.90 Å². The van der Waals surface area contributed by atoms with Gasteiger partial charge in [-0.2, -0.15) is 5.10 Å². The number of rotatable bonds is 2. The van der Waals surface area contributed by atoms with Crippen molar-refractivity contribution in [2.45, 2.75) is 45.6 Å². The summed E-state index contributed by atoms with van der Waals surface area (Å²) >= 11 is 3.42. The fraction of sp³-hybridized carbons (Fsp3) is 0.667. The number of piperidine rings is 1. The number of nitrogens with zero attached hydrogens (tertiary/aromatic N) is 2. The Kier molecular flexibility index (Phi) is 3.86. The Hall–Kier alpha value is -0.840. The van der Waals surface area contributed by atoms with Gasteiger partial charge in [0.25, 0.3) is 5.91 Å². The Morgan fingerprint density at radius 2 is 2.35 bits per heavy atom. The van der Waals surface area contributed by atoms with Gasteiger partial charge in [-0.15, -0.1) is 0 Å². The second-order valence-corrected chi connectivity index (χ2v) is 5.36. The molecule has 2 heterocycles. The highest BCUT2D eigenvalue weighted by molar-refractivity contribution is 9.10. The van der Waals surface area contributed by atoms with E-state index in [0.29, 0.717) is 11.7 Å². The van der Waals surface area contributed by atoms with Crippen molar-refractivity contribution >= 4 is 21.8 Å². The molecule has 1 aromatic heterocycles. The summed E-state index contributed by atoms with van der Waals surface area (Å²) < 4.78 is 0.794. The summed E-state index contributed by atoms with van der Waals surface area (Å²) in [5, 5.41) is 6.94. The van der Waals surface area contributed by atoms with E-state index in [1.807, 2.05) is 11.8 Å². The molecule has 94 valence electrons. The van der Waals surface area contributed by atoms with Crippen molar-refractivity contribution in [3.63, 3.8) is 0 Å². The number of aryl methyl sites for hydroxylation is 1. The van der Waals surface area contributed by atoms with Crippen LogP contribution in [0.3, 0.4) is 0 Å². The molecule has 1 aromatic rings. The van der Waals surface area contributed by atoms with Crippen LogP contribution < -0.4 is 0 Å². The first-order valence-electron chi connectivity index (χ1n) is 6.16. The van der Waals surface area contributed by atoms with Crippen molar-refractivity contribution in [1.29, 1.82) is 0 Å². The molecule has 0 spiro atoms. The third-order valence-corrected chi connectivity index (χ3v) is 4.40. The van der Waals surface area contributed by atoms with Crippen LogP contribution in [0.1, 0.15) is 48.8 Å². The number of carbonyl (C=O) groups excluding carboxylic acids is 1. The zero-order chi connectivity index (χ0) is 12.4. The third-order valence-electron chi connectivity index (χ3n) is 3.43. The van der Waals surface area contributed by atoms with Gasteiger partial charge in [-0.1, -0.05) is 6.92 Å². The van der Waals surface area contributed by atoms with Crippen LogP contribution in [0.25, 0.3) is 0 Å². The van der Waals surface area contributed by atoms with Crippen LogP contribution in [-0.4, -0.2) is 33.6 Å². The minimum absolute atomic E-state index is 0.0489. The van der Waals surface area contributed by atoms with E-state index in [2.05, 4.69) is 33.1 Å². The number of likely N-dealkylation sites (tertiary alicyclic amines) is 1. The number of carbonyl (C=O) groups is 1. The molecule has 1 saturated heterocycles. The van der Waals surface area contributed by atoms with Crippen LogP contribution in [0.5, 0.6) is 0 Å². The quantitative estimate of drug-likeness (QED) is 0.913. The minimum atomic E-state index is 0.0489. The summed E-state index contributed by atoms with van der Waals surface area (Å²) in [6.07, 6.45) is 4.46. The first kappa shape index (κ1) is 12.6. The van der Waals surface area contributed by atoms with Gasteiger partial charge in [-0.3, -0.25) is 9.89 Å². The lowest BCUT2D eigenvalue weighted by atomic mass is 9.99. The van der Waals surface area contributed by atoms with Crippen LogP contribution in [0, 0.1) is 6.92 Å². The highest BCUT2D eigenvalue weighted by Gasteiger charge is 2.29. The summed E-state index contributed by atoms with van der Waals surface area (Å²) in [6, 6.07) is 0.375. The molecule has 1 unspecified atom stereocenters. The van der Waals surface area contributed by atoms with Crippen molar-refractivity contribution in [2.24, 2.45) is 0 Å². The van der Waals surface area contributed by atoms with Crippen LogP contribution in [-0.2, 0) is 0 Å². The standard InChI is InChI=1S/C12H18BrN3O/c1-3-9-6-4-5-7-16(9)12(17)11-10(13)8(2)14-15-11/h9H,3-7H2,1-2H3,(H,14,15). The van der Waals surface area contributed by atoms with E-state index in [9.17, 15) is 4.79 Å². The molecule has 1 N–H and O–H groups in total. The highest BCUT2D eigenvalue weighted by Crippen LogP contribution is 2.25. The fourth-order valence-corrected chi connectivity index (χ4v) is 2.73. The molecule has 17 heavy (non-hydrogen) atoms. The van der Waals surface area contributed by atoms with E-state index in [-0.39, 0.29) is 5.91 Å². The number of hydrogen-bond acceptors (Lipinski definition) is 2.